The summed E-state index contributed by atoms with van der Waals surface area (Å²) in [5.41, 5.74) is 3.08. The van der Waals surface area contributed by atoms with Crippen molar-refractivity contribution in [2.24, 2.45) is 5.16 Å². The summed E-state index contributed by atoms with van der Waals surface area (Å²) < 4.78 is 0. The van der Waals surface area contributed by atoms with E-state index in [1.165, 1.54) is 0 Å². The van der Waals surface area contributed by atoms with Gasteiger partial charge < -0.3 is 5.21 Å². The zero-order chi connectivity index (χ0) is 12.8. The van der Waals surface area contributed by atoms with E-state index in [2.05, 4.69) is 11.2 Å². The lowest BCUT2D eigenvalue weighted by Crippen LogP contribution is -2.05. The van der Waals surface area contributed by atoms with Crippen LogP contribution in [0, 0.1) is 11.3 Å². The van der Waals surface area contributed by atoms with E-state index in [9.17, 15) is 0 Å². The molecule has 18 heavy (non-hydrogen) atoms. The average molecular weight is 236 g/mol. The predicted molar refractivity (Wildman–Crippen MR) is 69.6 cm³/mol. The first kappa shape index (κ1) is 11.9. The molecule has 0 aliphatic rings. The Morgan fingerprint density at radius 2 is 1.72 bits per heavy atom. The highest BCUT2D eigenvalue weighted by atomic mass is 16.4. The van der Waals surface area contributed by atoms with E-state index in [-0.39, 0.29) is 0 Å². The van der Waals surface area contributed by atoms with Crippen LogP contribution in [-0.4, -0.2) is 10.9 Å². The van der Waals surface area contributed by atoms with Gasteiger partial charge in [-0.05, 0) is 23.3 Å². The third-order valence-corrected chi connectivity index (χ3v) is 2.68. The fraction of sp³-hybridized carbons (Fsp3) is 0.0667. The van der Waals surface area contributed by atoms with Crippen LogP contribution in [0.4, 0.5) is 0 Å². The molecule has 2 aromatic rings. The first-order valence-corrected chi connectivity index (χ1v) is 5.59. The average Bonchev–Trinajstić information content (AvgIpc) is 2.46. The summed E-state index contributed by atoms with van der Waals surface area (Å²) in [5, 5.41) is 21.2. The zero-order valence-electron chi connectivity index (χ0n) is 9.74. The molecule has 0 aliphatic carbocycles. The van der Waals surface area contributed by atoms with E-state index in [0.29, 0.717) is 17.7 Å². The Hall–Kier alpha value is -2.60. The summed E-state index contributed by atoms with van der Waals surface area (Å²) in [7, 11) is 0. The Bertz CT molecular complexity index is 580. The number of benzene rings is 2. The minimum atomic E-state index is 0.559. The molecule has 0 saturated heterocycles. The van der Waals surface area contributed by atoms with Crippen LogP contribution in [0.3, 0.4) is 0 Å². The Kier molecular flexibility index (Phi) is 3.72. The van der Waals surface area contributed by atoms with Crippen LogP contribution in [0.5, 0.6) is 0 Å². The van der Waals surface area contributed by atoms with Crippen molar-refractivity contribution in [1.29, 1.82) is 5.26 Å². The maximum absolute atomic E-state index is 9.09. The van der Waals surface area contributed by atoms with E-state index in [1.54, 1.807) is 24.3 Å². The summed E-state index contributed by atoms with van der Waals surface area (Å²) in [6.45, 7) is 0. The standard InChI is InChI=1S/C15H12N2O/c16-11-13-6-8-14(9-7-13)15(17-18)10-12-4-2-1-3-5-12/h1-9,18H,10H2. The molecule has 0 fully saturated rings. The third-order valence-electron chi connectivity index (χ3n) is 2.68. The molecule has 2 rings (SSSR count). The molecule has 0 aromatic heterocycles. The van der Waals surface area contributed by atoms with Gasteiger partial charge in [0.2, 0.25) is 0 Å². The number of oxime groups is 1. The lowest BCUT2D eigenvalue weighted by atomic mass is 10.0. The van der Waals surface area contributed by atoms with Crippen molar-refractivity contribution in [2.75, 3.05) is 0 Å². The quantitative estimate of drug-likeness (QED) is 0.506. The molecule has 0 heterocycles. The molecule has 0 atom stereocenters. The van der Waals surface area contributed by atoms with Gasteiger partial charge in [-0.15, -0.1) is 0 Å². The van der Waals surface area contributed by atoms with E-state index >= 15 is 0 Å². The number of nitriles is 1. The highest BCUT2D eigenvalue weighted by Crippen LogP contribution is 2.10. The van der Waals surface area contributed by atoms with Crippen molar-refractivity contribution in [3.8, 4) is 6.07 Å². The highest BCUT2D eigenvalue weighted by molar-refractivity contribution is 6.01. The fourth-order valence-electron chi connectivity index (χ4n) is 1.72. The third kappa shape index (κ3) is 2.74. The molecule has 0 saturated carbocycles. The molecule has 3 nitrogen and oxygen atoms in total. The van der Waals surface area contributed by atoms with Crippen molar-refractivity contribution in [2.45, 2.75) is 6.42 Å². The van der Waals surface area contributed by atoms with E-state index < -0.39 is 0 Å². The summed E-state index contributed by atoms with van der Waals surface area (Å²) in [6, 6.07) is 18.9. The van der Waals surface area contributed by atoms with Crippen LogP contribution in [0.1, 0.15) is 16.7 Å². The minimum Gasteiger partial charge on any atom is -0.411 e. The molecule has 3 heteroatoms. The Labute approximate surface area is 106 Å². The second kappa shape index (κ2) is 5.65. The van der Waals surface area contributed by atoms with Gasteiger partial charge in [-0.25, -0.2) is 0 Å². The van der Waals surface area contributed by atoms with Gasteiger partial charge in [-0.3, -0.25) is 0 Å². The first-order valence-electron chi connectivity index (χ1n) is 5.59. The normalized spacial score (nSPS) is 10.9. The SMILES string of the molecule is N#Cc1ccc(C(Cc2ccccc2)=NO)cc1. The number of hydrogen-bond donors (Lipinski definition) is 1. The number of hydrogen-bond acceptors (Lipinski definition) is 3. The molecule has 0 spiro atoms. The van der Waals surface area contributed by atoms with Crippen molar-refractivity contribution in [3.63, 3.8) is 0 Å². The van der Waals surface area contributed by atoms with E-state index in [4.69, 9.17) is 10.5 Å². The second-order valence-electron chi connectivity index (χ2n) is 3.90. The lowest BCUT2D eigenvalue weighted by molar-refractivity contribution is 0.318. The Morgan fingerprint density at radius 1 is 1.06 bits per heavy atom. The molecule has 88 valence electrons. The van der Waals surface area contributed by atoms with Gasteiger partial charge in [0.05, 0.1) is 17.3 Å². The Morgan fingerprint density at radius 3 is 2.28 bits per heavy atom. The second-order valence-corrected chi connectivity index (χ2v) is 3.90. The van der Waals surface area contributed by atoms with Gasteiger partial charge in [-0.2, -0.15) is 5.26 Å². The summed E-state index contributed by atoms with van der Waals surface area (Å²) >= 11 is 0. The lowest BCUT2D eigenvalue weighted by Gasteiger charge is -2.05. The molecule has 0 unspecified atom stereocenters. The van der Waals surface area contributed by atoms with E-state index in [0.717, 1.165) is 11.1 Å². The van der Waals surface area contributed by atoms with Gasteiger partial charge in [0.25, 0.3) is 0 Å². The van der Waals surface area contributed by atoms with Crippen LogP contribution in [0.15, 0.2) is 59.8 Å². The largest absolute Gasteiger partial charge is 0.411 e. The zero-order valence-corrected chi connectivity index (χ0v) is 9.74. The topological polar surface area (TPSA) is 56.4 Å². The first-order chi connectivity index (χ1) is 8.83. The highest BCUT2D eigenvalue weighted by Gasteiger charge is 2.05. The van der Waals surface area contributed by atoms with Gasteiger partial charge >= 0.3 is 0 Å². The maximum Gasteiger partial charge on any atom is 0.0991 e. The molecule has 0 amide bonds. The molecule has 0 aliphatic heterocycles. The van der Waals surface area contributed by atoms with Crippen LogP contribution in [0.2, 0.25) is 0 Å². The molecule has 0 bridgehead atoms. The molecular weight excluding hydrogens is 224 g/mol. The van der Waals surface area contributed by atoms with E-state index in [1.807, 2.05) is 30.3 Å². The van der Waals surface area contributed by atoms with Crippen molar-refractivity contribution in [1.82, 2.24) is 0 Å². The van der Waals surface area contributed by atoms with Crippen molar-refractivity contribution < 1.29 is 5.21 Å². The monoisotopic (exact) mass is 236 g/mol. The van der Waals surface area contributed by atoms with Gasteiger partial charge in [0.1, 0.15) is 0 Å². The molecule has 1 N–H and O–H groups in total. The Balaban J connectivity index is 2.22. The van der Waals surface area contributed by atoms with Crippen LogP contribution in [0.25, 0.3) is 0 Å². The summed E-state index contributed by atoms with van der Waals surface area (Å²) in [5.74, 6) is 0. The van der Waals surface area contributed by atoms with Gasteiger partial charge in [-0.1, -0.05) is 47.6 Å². The van der Waals surface area contributed by atoms with Crippen LogP contribution >= 0.6 is 0 Å². The number of rotatable bonds is 3. The number of nitrogens with zero attached hydrogens (tertiary/aromatic N) is 2. The minimum absolute atomic E-state index is 0.559. The van der Waals surface area contributed by atoms with Crippen LogP contribution < -0.4 is 0 Å². The van der Waals surface area contributed by atoms with Crippen molar-refractivity contribution in [3.05, 3.63) is 71.3 Å². The maximum atomic E-state index is 9.09. The molecular formula is C15H12N2O. The summed E-state index contributed by atoms with van der Waals surface area (Å²) in [6.07, 6.45) is 0.559. The predicted octanol–water partition coefficient (Wildman–Crippen LogP) is 2.98. The summed E-state index contributed by atoms with van der Waals surface area (Å²) in [4.78, 5) is 0. The molecule has 2 aromatic carbocycles. The fourth-order valence-corrected chi connectivity index (χ4v) is 1.72. The van der Waals surface area contributed by atoms with Crippen molar-refractivity contribution >= 4 is 5.71 Å². The smallest absolute Gasteiger partial charge is 0.0991 e. The van der Waals surface area contributed by atoms with Crippen LogP contribution in [-0.2, 0) is 6.42 Å². The van der Waals surface area contributed by atoms with Gasteiger partial charge in [0.15, 0.2) is 0 Å². The van der Waals surface area contributed by atoms with Gasteiger partial charge in [0, 0.05) is 6.42 Å². The molecule has 0 radical (unpaired) electrons.